The number of thiophene rings is 1. The van der Waals surface area contributed by atoms with E-state index in [0.717, 1.165) is 22.9 Å². The molecule has 0 radical (unpaired) electrons. The van der Waals surface area contributed by atoms with Gasteiger partial charge < -0.3 is 10.2 Å². The minimum atomic E-state index is -0.584. The predicted octanol–water partition coefficient (Wildman–Crippen LogP) is 2.11. The van der Waals surface area contributed by atoms with Gasteiger partial charge >= 0.3 is 0 Å². The summed E-state index contributed by atoms with van der Waals surface area (Å²) < 4.78 is 0.697. The Kier molecular flexibility index (Phi) is 3.76. The maximum absolute atomic E-state index is 12.0. The van der Waals surface area contributed by atoms with Gasteiger partial charge in [-0.05, 0) is 12.1 Å². The molecule has 5 nitrogen and oxygen atoms in total. The number of aliphatic imine (C=N–C) groups is 1. The molecule has 1 aromatic heterocycles. The monoisotopic (exact) mass is 315 g/mol. The van der Waals surface area contributed by atoms with Gasteiger partial charge in [0.25, 0.3) is 5.91 Å². The number of halogens is 1. The zero-order valence-electron chi connectivity index (χ0n) is 9.76. The second-order valence-electron chi connectivity index (χ2n) is 3.96. The topological polar surface area (TPSA) is 63.0 Å². The van der Waals surface area contributed by atoms with Gasteiger partial charge in [0.1, 0.15) is 5.71 Å². The van der Waals surface area contributed by atoms with Crippen LogP contribution in [0.5, 0.6) is 0 Å². The summed E-state index contributed by atoms with van der Waals surface area (Å²) in [5, 5.41) is 7.38. The van der Waals surface area contributed by atoms with Gasteiger partial charge in [0.05, 0.1) is 15.8 Å². The summed E-state index contributed by atoms with van der Waals surface area (Å²) in [6, 6.07) is 3.69. The first-order valence-electron chi connectivity index (χ1n) is 5.69. The molecular formula is C11H10ClN3O2S2. The number of amidine groups is 1. The Morgan fingerprint density at radius 3 is 3.11 bits per heavy atom. The number of rotatable bonds is 2. The Labute approximate surface area is 123 Å². The molecule has 0 aliphatic carbocycles. The number of nitrogens with zero attached hydrogens (tertiary/aromatic N) is 2. The molecule has 1 atom stereocenters. The smallest absolute Gasteiger partial charge is 0.270 e. The van der Waals surface area contributed by atoms with Crippen LogP contribution in [0.25, 0.3) is 0 Å². The van der Waals surface area contributed by atoms with Crippen molar-refractivity contribution in [1.29, 1.82) is 0 Å². The van der Waals surface area contributed by atoms with Crippen LogP contribution in [0.4, 0.5) is 0 Å². The van der Waals surface area contributed by atoms with Crippen LogP contribution in [-0.2, 0) is 9.63 Å². The lowest BCUT2D eigenvalue weighted by Crippen LogP contribution is -2.37. The Balaban J connectivity index is 1.59. The number of oxime groups is 1. The first-order chi connectivity index (χ1) is 9.22. The number of nitrogens with one attached hydrogen (secondary N) is 1. The summed E-state index contributed by atoms with van der Waals surface area (Å²) in [6.07, 6.45) is -0.125. The van der Waals surface area contributed by atoms with E-state index in [0.29, 0.717) is 15.9 Å². The molecular weight excluding hydrogens is 306 g/mol. The molecule has 3 heterocycles. The molecule has 0 unspecified atom stereocenters. The summed E-state index contributed by atoms with van der Waals surface area (Å²) in [6.45, 7) is 0.751. The highest BCUT2D eigenvalue weighted by molar-refractivity contribution is 8.14. The number of carbonyl (C=O) groups is 1. The van der Waals surface area contributed by atoms with Gasteiger partial charge in [-0.2, -0.15) is 0 Å². The number of carbonyl (C=O) groups excluding carboxylic acids is 1. The average molecular weight is 316 g/mol. The van der Waals surface area contributed by atoms with E-state index in [1.54, 1.807) is 6.07 Å². The molecule has 19 heavy (non-hydrogen) atoms. The van der Waals surface area contributed by atoms with Crippen LogP contribution in [0.1, 0.15) is 11.3 Å². The fraction of sp³-hybridized carbons (Fsp3) is 0.364. The second kappa shape index (κ2) is 5.52. The highest BCUT2D eigenvalue weighted by Gasteiger charge is 2.30. The molecule has 0 saturated heterocycles. The predicted molar refractivity (Wildman–Crippen MR) is 78.3 cm³/mol. The molecule has 0 fully saturated rings. The quantitative estimate of drug-likeness (QED) is 0.909. The van der Waals surface area contributed by atoms with Crippen LogP contribution in [0.2, 0.25) is 4.34 Å². The molecule has 0 spiro atoms. The van der Waals surface area contributed by atoms with Gasteiger partial charge in [-0.15, -0.1) is 11.3 Å². The van der Waals surface area contributed by atoms with Crippen LogP contribution in [0.3, 0.4) is 0 Å². The van der Waals surface area contributed by atoms with Crippen LogP contribution in [0.15, 0.2) is 22.3 Å². The first-order valence-corrected chi connectivity index (χ1v) is 7.87. The van der Waals surface area contributed by atoms with Crippen molar-refractivity contribution in [2.75, 3.05) is 12.3 Å². The number of hydrogen-bond acceptors (Lipinski definition) is 6. The Morgan fingerprint density at radius 1 is 1.53 bits per heavy atom. The summed E-state index contributed by atoms with van der Waals surface area (Å²) in [5.41, 5.74) is 0.762. The Bertz CT molecular complexity index is 570. The molecule has 1 aromatic rings. The van der Waals surface area contributed by atoms with E-state index in [4.69, 9.17) is 16.4 Å². The second-order valence-corrected chi connectivity index (χ2v) is 6.76. The highest BCUT2D eigenvalue weighted by Crippen LogP contribution is 2.26. The van der Waals surface area contributed by atoms with Crippen LogP contribution < -0.4 is 5.32 Å². The van der Waals surface area contributed by atoms with Crippen molar-refractivity contribution < 1.29 is 9.63 Å². The van der Waals surface area contributed by atoms with Gasteiger partial charge in [0, 0.05) is 12.2 Å². The lowest BCUT2D eigenvalue weighted by Gasteiger charge is -2.08. The van der Waals surface area contributed by atoms with E-state index < -0.39 is 6.10 Å². The van der Waals surface area contributed by atoms with E-state index in [1.807, 2.05) is 6.07 Å². The van der Waals surface area contributed by atoms with E-state index in [1.165, 1.54) is 23.1 Å². The van der Waals surface area contributed by atoms with Gasteiger partial charge in [-0.25, -0.2) is 0 Å². The van der Waals surface area contributed by atoms with E-state index in [2.05, 4.69) is 15.5 Å². The van der Waals surface area contributed by atoms with Crippen molar-refractivity contribution in [3.8, 4) is 0 Å². The molecule has 2 aliphatic heterocycles. The molecule has 0 saturated carbocycles. The van der Waals surface area contributed by atoms with Crippen LogP contribution in [-0.4, -0.2) is 35.2 Å². The number of amides is 1. The maximum atomic E-state index is 12.0. The zero-order chi connectivity index (χ0) is 13.2. The maximum Gasteiger partial charge on any atom is 0.270 e. The SMILES string of the molecule is O=C(NC1=NCCS1)[C@@H]1CC(c2ccc(Cl)s2)=NO1. The third-order valence-electron chi connectivity index (χ3n) is 2.63. The summed E-state index contributed by atoms with van der Waals surface area (Å²) in [7, 11) is 0. The molecule has 1 N–H and O–H groups in total. The lowest BCUT2D eigenvalue weighted by atomic mass is 10.1. The van der Waals surface area contributed by atoms with Crippen molar-refractivity contribution in [2.45, 2.75) is 12.5 Å². The normalized spacial score (nSPS) is 21.8. The zero-order valence-corrected chi connectivity index (χ0v) is 12.1. The largest absolute Gasteiger partial charge is 0.382 e. The van der Waals surface area contributed by atoms with Crippen LogP contribution >= 0.6 is 34.7 Å². The van der Waals surface area contributed by atoms with Crippen molar-refractivity contribution >= 4 is 51.5 Å². The molecule has 8 heteroatoms. The minimum absolute atomic E-state index is 0.199. The van der Waals surface area contributed by atoms with Gasteiger partial charge in [0.15, 0.2) is 5.17 Å². The van der Waals surface area contributed by atoms with Crippen LogP contribution in [0, 0.1) is 0 Å². The molecule has 0 aromatic carbocycles. The summed E-state index contributed by atoms with van der Waals surface area (Å²) in [4.78, 5) is 22.2. The van der Waals surface area contributed by atoms with Crippen molar-refractivity contribution in [2.24, 2.45) is 10.1 Å². The Morgan fingerprint density at radius 2 is 2.42 bits per heavy atom. The summed E-state index contributed by atoms with van der Waals surface area (Å²) >= 11 is 8.84. The average Bonchev–Trinajstić information content (AvgIpc) is 3.07. The molecule has 1 amide bonds. The van der Waals surface area contributed by atoms with E-state index >= 15 is 0 Å². The van der Waals surface area contributed by atoms with E-state index in [9.17, 15) is 4.79 Å². The van der Waals surface area contributed by atoms with Gasteiger partial charge in [0.2, 0.25) is 6.10 Å². The first kappa shape index (κ1) is 13.0. The summed E-state index contributed by atoms with van der Waals surface area (Å²) in [5.74, 6) is 0.714. The number of hydrogen-bond donors (Lipinski definition) is 1. The fourth-order valence-corrected chi connectivity index (χ4v) is 3.49. The fourth-order valence-electron chi connectivity index (χ4n) is 1.73. The molecule has 2 aliphatic rings. The van der Waals surface area contributed by atoms with Gasteiger partial charge in [-0.1, -0.05) is 28.5 Å². The molecule has 0 bridgehead atoms. The molecule has 3 rings (SSSR count). The minimum Gasteiger partial charge on any atom is -0.382 e. The highest BCUT2D eigenvalue weighted by atomic mass is 35.5. The van der Waals surface area contributed by atoms with Gasteiger partial charge in [-0.3, -0.25) is 9.79 Å². The lowest BCUT2D eigenvalue weighted by molar-refractivity contribution is -0.129. The third-order valence-corrected chi connectivity index (χ3v) is 4.81. The standard InChI is InChI=1S/C11H10ClN3O2S2/c12-9-2-1-8(19-9)6-5-7(17-15-6)10(16)14-11-13-3-4-18-11/h1-2,7H,3-5H2,(H,13,14,16)/t7-/m0/s1. The third kappa shape index (κ3) is 2.93. The van der Waals surface area contributed by atoms with Crippen molar-refractivity contribution in [3.63, 3.8) is 0 Å². The number of thioether (sulfide) groups is 1. The Hall–Kier alpha value is -1.05. The van der Waals surface area contributed by atoms with Crippen molar-refractivity contribution in [3.05, 3.63) is 21.3 Å². The van der Waals surface area contributed by atoms with Crippen molar-refractivity contribution in [1.82, 2.24) is 5.32 Å². The molecule has 100 valence electrons. The van der Waals surface area contributed by atoms with E-state index in [-0.39, 0.29) is 5.91 Å².